The van der Waals surface area contributed by atoms with Crippen LogP contribution in [0.5, 0.6) is 0 Å². The maximum atomic E-state index is 12.5. The van der Waals surface area contributed by atoms with Crippen molar-refractivity contribution in [1.29, 1.82) is 0 Å². The van der Waals surface area contributed by atoms with E-state index in [9.17, 15) is 4.79 Å². The van der Waals surface area contributed by atoms with Gasteiger partial charge in [0.2, 0.25) is 17.0 Å². The van der Waals surface area contributed by atoms with E-state index in [1.54, 1.807) is 18.5 Å². The number of anilines is 1. The number of hydrogen-bond donors (Lipinski definition) is 1. The molecule has 0 unspecified atom stereocenters. The number of thioether (sulfide) groups is 1. The van der Waals surface area contributed by atoms with Gasteiger partial charge >= 0.3 is 0 Å². The number of nitrogens with zero attached hydrogens (tertiary/aromatic N) is 6. The Morgan fingerprint density at radius 2 is 1.82 bits per heavy atom. The van der Waals surface area contributed by atoms with Gasteiger partial charge in [0.25, 0.3) is 0 Å². The third-order valence-corrected chi connectivity index (χ3v) is 5.41. The molecule has 1 fully saturated rings. The number of carbonyl (C=O) groups is 1. The van der Waals surface area contributed by atoms with E-state index in [0.717, 1.165) is 18.7 Å². The molecule has 1 amide bonds. The Balaban J connectivity index is 1.28. The molecule has 144 valence electrons. The van der Waals surface area contributed by atoms with Gasteiger partial charge < -0.3 is 9.80 Å². The quantitative estimate of drug-likeness (QED) is 0.661. The Labute approximate surface area is 167 Å². The van der Waals surface area contributed by atoms with Crippen molar-refractivity contribution in [2.75, 3.05) is 36.8 Å². The summed E-state index contributed by atoms with van der Waals surface area (Å²) in [6.45, 7) is 4.85. The fourth-order valence-corrected chi connectivity index (χ4v) is 3.68. The number of aromatic nitrogens is 5. The van der Waals surface area contributed by atoms with E-state index in [-0.39, 0.29) is 5.91 Å². The normalized spacial score (nSPS) is 14.3. The molecule has 1 aliphatic heterocycles. The van der Waals surface area contributed by atoms with Crippen LogP contribution in [0.4, 0.5) is 5.95 Å². The lowest BCUT2D eigenvalue weighted by Gasteiger charge is -2.34. The summed E-state index contributed by atoms with van der Waals surface area (Å²) in [5.74, 6) is 1.85. The first kappa shape index (κ1) is 18.4. The summed E-state index contributed by atoms with van der Waals surface area (Å²) in [7, 11) is 0. The van der Waals surface area contributed by atoms with E-state index in [1.165, 1.54) is 17.3 Å². The number of aromatic amines is 1. The van der Waals surface area contributed by atoms with Gasteiger partial charge in [0.05, 0.1) is 5.75 Å². The maximum absolute atomic E-state index is 12.5. The number of hydrogen-bond acceptors (Lipinski definition) is 7. The van der Waals surface area contributed by atoms with Crippen molar-refractivity contribution < 1.29 is 4.79 Å². The number of rotatable bonds is 5. The molecule has 1 aliphatic rings. The molecule has 0 spiro atoms. The van der Waals surface area contributed by atoms with Crippen LogP contribution in [0.1, 0.15) is 5.56 Å². The second kappa shape index (κ2) is 8.39. The van der Waals surface area contributed by atoms with Crippen LogP contribution in [0.3, 0.4) is 0 Å². The lowest BCUT2D eigenvalue weighted by molar-refractivity contribution is -0.128. The highest BCUT2D eigenvalue weighted by Crippen LogP contribution is 2.20. The molecule has 3 aromatic rings. The van der Waals surface area contributed by atoms with Crippen LogP contribution < -0.4 is 4.90 Å². The second-order valence-electron chi connectivity index (χ2n) is 6.54. The van der Waals surface area contributed by atoms with Gasteiger partial charge in [-0.3, -0.25) is 9.89 Å². The highest BCUT2D eigenvalue weighted by molar-refractivity contribution is 7.99. The Morgan fingerprint density at radius 3 is 2.54 bits per heavy atom. The number of benzene rings is 1. The van der Waals surface area contributed by atoms with E-state index in [0.29, 0.717) is 35.8 Å². The molecule has 0 aliphatic carbocycles. The van der Waals surface area contributed by atoms with E-state index in [4.69, 9.17) is 0 Å². The van der Waals surface area contributed by atoms with Crippen LogP contribution in [0.15, 0.2) is 47.9 Å². The lowest BCUT2D eigenvalue weighted by atomic mass is 10.1. The Bertz CT molecular complexity index is 921. The van der Waals surface area contributed by atoms with Gasteiger partial charge in [0, 0.05) is 44.1 Å². The zero-order valence-electron chi connectivity index (χ0n) is 15.6. The summed E-state index contributed by atoms with van der Waals surface area (Å²) in [6, 6.07) is 9.88. The fourth-order valence-electron chi connectivity index (χ4n) is 2.98. The number of piperazine rings is 1. The minimum atomic E-state index is 0.0975. The van der Waals surface area contributed by atoms with Gasteiger partial charge in [0.1, 0.15) is 0 Å². The Hall–Kier alpha value is -2.94. The van der Waals surface area contributed by atoms with Crippen molar-refractivity contribution in [3.63, 3.8) is 0 Å². The number of nitrogens with one attached hydrogen (secondary N) is 1. The molecule has 0 saturated carbocycles. The molecule has 1 N–H and O–H groups in total. The molecule has 2 aromatic heterocycles. The average molecular weight is 395 g/mol. The summed E-state index contributed by atoms with van der Waals surface area (Å²) in [5, 5.41) is 7.74. The van der Waals surface area contributed by atoms with Gasteiger partial charge in [-0.05, 0) is 13.0 Å². The predicted molar refractivity (Wildman–Crippen MR) is 108 cm³/mol. The van der Waals surface area contributed by atoms with Crippen LogP contribution in [0.25, 0.3) is 11.4 Å². The van der Waals surface area contributed by atoms with Crippen LogP contribution in [0.2, 0.25) is 0 Å². The number of aryl methyl sites for hydroxylation is 1. The number of carbonyl (C=O) groups excluding carboxylic acids is 1. The second-order valence-corrected chi connectivity index (χ2v) is 7.48. The zero-order valence-corrected chi connectivity index (χ0v) is 16.4. The van der Waals surface area contributed by atoms with Gasteiger partial charge in [0.15, 0.2) is 5.82 Å². The summed E-state index contributed by atoms with van der Waals surface area (Å²) >= 11 is 1.36. The first-order valence-electron chi connectivity index (χ1n) is 9.11. The van der Waals surface area contributed by atoms with Gasteiger partial charge in [-0.1, -0.05) is 41.6 Å². The molecule has 0 bridgehead atoms. The summed E-state index contributed by atoms with van der Waals surface area (Å²) in [5.41, 5.74) is 2.18. The predicted octanol–water partition coefficient (Wildman–Crippen LogP) is 2.01. The SMILES string of the molecule is Cc1ccc(-c2nc(SCC(=O)N3CCN(c4ncccn4)CC3)n[nH]2)cc1. The molecule has 0 radical (unpaired) electrons. The van der Waals surface area contributed by atoms with Gasteiger partial charge in [-0.2, -0.15) is 0 Å². The lowest BCUT2D eigenvalue weighted by Crippen LogP contribution is -2.49. The molecule has 28 heavy (non-hydrogen) atoms. The van der Waals surface area contributed by atoms with Crippen molar-refractivity contribution in [1.82, 2.24) is 30.0 Å². The van der Waals surface area contributed by atoms with Crippen molar-refractivity contribution in [2.45, 2.75) is 12.1 Å². The van der Waals surface area contributed by atoms with Crippen molar-refractivity contribution in [3.05, 3.63) is 48.3 Å². The first-order chi connectivity index (χ1) is 13.7. The highest BCUT2D eigenvalue weighted by atomic mass is 32.2. The van der Waals surface area contributed by atoms with Crippen LogP contribution in [-0.2, 0) is 4.79 Å². The van der Waals surface area contributed by atoms with E-state index < -0.39 is 0 Å². The van der Waals surface area contributed by atoms with Crippen molar-refractivity contribution >= 4 is 23.6 Å². The molecule has 1 saturated heterocycles. The first-order valence-corrected chi connectivity index (χ1v) is 10.1. The topological polar surface area (TPSA) is 90.9 Å². The third kappa shape index (κ3) is 4.30. The van der Waals surface area contributed by atoms with E-state index in [2.05, 4.69) is 30.0 Å². The van der Waals surface area contributed by atoms with Crippen LogP contribution in [0, 0.1) is 6.92 Å². The largest absolute Gasteiger partial charge is 0.338 e. The van der Waals surface area contributed by atoms with Crippen LogP contribution >= 0.6 is 11.8 Å². The highest BCUT2D eigenvalue weighted by Gasteiger charge is 2.22. The zero-order chi connectivity index (χ0) is 19.3. The van der Waals surface area contributed by atoms with E-state index >= 15 is 0 Å². The summed E-state index contributed by atoms with van der Waals surface area (Å²) in [4.78, 5) is 29.5. The summed E-state index contributed by atoms with van der Waals surface area (Å²) in [6.07, 6.45) is 3.47. The number of amides is 1. The molecular formula is C19H21N7OS. The molecule has 3 heterocycles. The molecular weight excluding hydrogens is 374 g/mol. The Morgan fingerprint density at radius 1 is 1.11 bits per heavy atom. The fraction of sp³-hybridized carbons (Fsp3) is 0.316. The van der Waals surface area contributed by atoms with Crippen molar-refractivity contribution in [2.24, 2.45) is 0 Å². The minimum Gasteiger partial charge on any atom is -0.338 e. The minimum absolute atomic E-state index is 0.0975. The Kier molecular flexibility index (Phi) is 5.52. The molecule has 8 nitrogen and oxygen atoms in total. The van der Waals surface area contributed by atoms with Gasteiger partial charge in [-0.15, -0.1) is 5.10 Å². The summed E-state index contributed by atoms with van der Waals surface area (Å²) < 4.78 is 0. The number of H-pyrrole nitrogens is 1. The van der Waals surface area contributed by atoms with Gasteiger partial charge in [-0.25, -0.2) is 15.0 Å². The molecule has 1 aromatic carbocycles. The molecule has 0 atom stereocenters. The standard InChI is InChI=1S/C19H21N7OS/c1-14-3-5-15(6-4-14)17-22-19(24-23-17)28-13-16(27)25-9-11-26(12-10-25)18-20-7-2-8-21-18/h2-8H,9-13H2,1H3,(H,22,23,24). The average Bonchev–Trinajstić information content (AvgIpc) is 3.22. The third-order valence-electron chi connectivity index (χ3n) is 4.58. The molecule has 4 rings (SSSR count). The van der Waals surface area contributed by atoms with Crippen LogP contribution in [-0.4, -0.2) is 67.9 Å². The smallest absolute Gasteiger partial charge is 0.233 e. The maximum Gasteiger partial charge on any atom is 0.233 e. The monoisotopic (exact) mass is 395 g/mol. The molecule has 9 heteroatoms. The van der Waals surface area contributed by atoms with Crippen molar-refractivity contribution in [3.8, 4) is 11.4 Å². The van der Waals surface area contributed by atoms with E-state index in [1.807, 2.05) is 36.1 Å².